The zero-order valence-corrected chi connectivity index (χ0v) is 19.2. The van der Waals surface area contributed by atoms with Gasteiger partial charge in [-0.3, -0.25) is 9.71 Å². The van der Waals surface area contributed by atoms with Crippen LogP contribution < -0.4 is 18.9 Å². The summed E-state index contributed by atoms with van der Waals surface area (Å²) in [6.07, 6.45) is 1.51. The zero-order valence-electron chi connectivity index (χ0n) is 18.4. The third kappa shape index (κ3) is 4.44. The van der Waals surface area contributed by atoms with Crippen LogP contribution in [0.3, 0.4) is 0 Å². The molecule has 4 aromatic rings. The van der Waals surface area contributed by atoms with Gasteiger partial charge in [-0.25, -0.2) is 17.2 Å². The zero-order chi connectivity index (χ0) is 24.5. The second-order valence-corrected chi connectivity index (χ2v) is 8.95. The van der Waals surface area contributed by atoms with Crippen molar-refractivity contribution < 1.29 is 31.4 Å². The second-order valence-electron chi connectivity index (χ2n) is 7.27. The van der Waals surface area contributed by atoms with Crippen LogP contribution in [0.2, 0.25) is 0 Å². The molecule has 0 fully saturated rings. The number of hydrogen-bond donors (Lipinski definition) is 1. The first-order valence-electron chi connectivity index (χ1n) is 9.99. The highest BCUT2D eigenvalue weighted by atomic mass is 32.2. The van der Waals surface area contributed by atoms with Crippen LogP contribution in [-0.2, 0) is 10.0 Å². The molecule has 3 aromatic carbocycles. The van der Waals surface area contributed by atoms with E-state index in [4.69, 9.17) is 14.2 Å². The molecule has 1 aromatic heterocycles. The molecule has 176 valence electrons. The molecule has 0 aliphatic carbocycles. The summed E-state index contributed by atoms with van der Waals surface area (Å²) in [4.78, 5) is 4.00. The lowest BCUT2D eigenvalue weighted by atomic mass is 10.1. The van der Waals surface area contributed by atoms with Crippen LogP contribution in [0.15, 0.2) is 65.7 Å². The fourth-order valence-electron chi connectivity index (χ4n) is 3.31. The monoisotopic (exact) mass is 486 g/mol. The Bertz CT molecular complexity index is 1490. The van der Waals surface area contributed by atoms with Crippen molar-refractivity contribution in [2.45, 2.75) is 11.8 Å². The highest BCUT2D eigenvalue weighted by Crippen LogP contribution is 2.39. The van der Waals surface area contributed by atoms with Gasteiger partial charge in [0, 0.05) is 17.6 Å². The van der Waals surface area contributed by atoms with Crippen LogP contribution in [0.1, 0.15) is 5.56 Å². The smallest absolute Gasteiger partial charge is 0.262 e. The van der Waals surface area contributed by atoms with Gasteiger partial charge in [0.1, 0.15) is 22.8 Å². The predicted octanol–water partition coefficient (Wildman–Crippen LogP) is 5.43. The molecule has 0 bridgehead atoms. The molecule has 10 heteroatoms. The minimum absolute atomic E-state index is 0.129. The highest BCUT2D eigenvalue weighted by molar-refractivity contribution is 7.92. The molecule has 0 amide bonds. The maximum Gasteiger partial charge on any atom is 0.262 e. The number of nitrogens with zero attached hydrogens (tertiary/aromatic N) is 1. The summed E-state index contributed by atoms with van der Waals surface area (Å²) in [6.45, 7) is 1.51. The Morgan fingerprint density at radius 2 is 1.68 bits per heavy atom. The number of methoxy groups -OCH3 is 2. The molecule has 34 heavy (non-hydrogen) atoms. The van der Waals surface area contributed by atoms with Crippen LogP contribution in [-0.4, -0.2) is 27.6 Å². The second kappa shape index (κ2) is 9.14. The number of aromatic nitrogens is 1. The number of halogens is 2. The Morgan fingerprint density at radius 1 is 0.882 bits per heavy atom. The molecule has 1 heterocycles. The summed E-state index contributed by atoms with van der Waals surface area (Å²) in [5.74, 6) is -0.111. The standard InChI is InChI=1S/C24H20F2N2O5S/c1-14-4-6-16(13-18(14)25)34(29,30)28-20-8-5-15(12-19(20)26)33-21-10-11-27-23-17(21)7-9-22(31-2)24(23)32-3/h4-13,28H,1-3H3. The molecule has 1 N–H and O–H groups in total. The molecule has 0 aliphatic heterocycles. The maximum absolute atomic E-state index is 14.7. The number of rotatable bonds is 7. The normalized spacial score (nSPS) is 11.3. The summed E-state index contributed by atoms with van der Waals surface area (Å²) < 4.78 is 72.3. The summed E-state index contributed by atoms with van der Waals surface area (Å²) in [5.41, 5.74) is 0.486. The first kappa shape index (κ1) is 23.2. The van der Waals surface area contributed by atoms with Crippen molar-refractivity contribution in [3.63, 3.8) is 0 Å². The Labute approximate surface area is 195 Å². The Morgan fingerprint density at radius 3 is 2.35 bits per heavy atom. The van der Waals surface area contributed by atoms with Crippen molar-refractivity contribution in [2.75, 3.05) is 18.9 Å². The summed E-state index contributed by atoms with van der Waals surface area (Å²) in [5, 5.41) is 0.603. The molecule has 0 atom stereocenters. The van der Waals surface area contributed by atoms with E-state index in [0.29, 0.717) is 33.7 Å². The van der Waals surface area contributed by atoms with E-state index in [1.807, 2.05) is 0 Å². The molecule has 4 rings (SSSR count). The topological polar surface area (TPSA) is 86.8 Å². The van der Waals surface area contributed by atoms with Gasteiger partial charge < -0.3 is 14.2 Å². The van der Waals surface area contributed by atoms with Gasteiger partial charge in [-0.05, 0) is 55.0 Å². The highest BCUT2D eigenvalue weighted by Gasteiger charge is 2.19. The van der Waals surface area contributed by atoms with E-state index < -0.39 is 21.7 Å². The lowest BCUT2D eigenvalue weighted by Gasteiger charge is -2.14. The van der Waals surface area contributed by atoms with Gasteiger partial charge in [0.2, 0.25) is 0 Å². The molecular weight excluding hydrogens is 466 g/mol. The van der Waals surface area contributed by atoms with Gasteiger partial charge in [0.05, 0.1) is 24.8 Å². The maximum atomic E-state index is 14.7. The Kier molecular flexibility index (Phi) is 6.25. The van der Waals surface area contributed by atoms with Gasteiger partial charge in [0.15, 0.2) is 17.3 Å². The number of anilines is 1. The van der Waals surface area contributed by atoms with Crippen molar-refractivity contribution >= 4 is 26.6 Å². The third-order valence-electron chi connectivity index (χ3n) is 5.08. The summed E-state index contributed by atoms with van der Waals surface area (Å²) in [7, 11) is -1.19. The molecule has 7 nitrogen and oxygen atoms in total. The summed E-state index contributed by atoms with van der Waals surface area (Å²) >= 11 is 0. The molecule has 0 saturated carbocycles. The first-order valence-corrected chi connectivity index (χ1v) is 11.5. The molecule has 0 unspecified atom stereocenters. The number of sulfonamides is 1. The number of benzene rings is 3. The van der Waals surface area contributed by atoms with Gasteiger partial charge in [-0.1, -0.05) is 6.07 Å². The Hall–Kier alpha value is -3.92. The van der Waals surface area contributed by atoms with E-state index in [1.54, 1.807) is 18.2 Å². The van der Waals surface area contributed by atoms with Gasteiger partial charge in [-0.2, -0.15) is 0 Å². The third-order valence-corrected chi connectivity index (χ3v) is 6.44. The van der Waals surface area contributed by atoms with E-state index in [9.17, 15) is 17.2 Å². The van der Waals surface area contributed by atoms with E-state index >= 15 is 0 Å². The molecule has 0 aliphatic rings. The van der Waals surface area contributed by atoms with Crippen LogP contribution in [0.25, 0.3) is 10.9 Å². The first-order chi connectivity index (χ1) is 16.2. The fourth-order valence-corrected chi connectivity index (χ4v) is 4.39. The minimum atomic E-state index is -4.19. The Balaban J connectivity index is 1.62. The van der Waals surface area contributed by atoms with Crippen LogP contribution in [0.4, 0.5) is 14.5 Å². The molecule has 0 radical (unpaired) electrons. The molecule has 0 saturated heterocycles. The van der Waals surface area contributed by atoms with E-state index in [1.165, 1.54) is 51.6 Å². The fraction of sp³-hybridized carbons (Fsp3) is 0.125. The van der Waals surface area contributed by atoms with Crippen molar-refractivity contribution in [3.05, 3.63) is 78.0 Å². The average molecular weight is 486 g/mol. The van der Waals surface area contributed by atoms with E-state index in [-0.39, 0.29) is 16.3 Å². The van der Waals surface area contributed by atoms with Crippen molar-refractivity contribution in [3.8, 4) is 23.0 Å². The number of fused-ring (bicyclic) bond motifs is 1. The quantitative estimate of drug-likeness (QED) is 0.375. The minimum Gasteiger partial charge on any atom is -0.493 e. The van der Waals surface area contributed by atoms with Crippen molar-refractivity contribution in [1.82, 2.24) is 4.98 Å². The van der Waals surface area contributed by atoms with Crippen LogP contribution in [0, 0.1) is 18.6 Å². The summed E-state index contributed by atoms with van der Waals surface area (Å²) in [6, 6.07) is 12.2. The van der Waals surface area contributed by atoms with Crippen molar-refractivity contribution in [1.29, 1.82) is 0 Å². The van der Waals surface area contributed by atoms with Crippen molar-refractivity contribution in [2.24, 2.45) is 0 Å². The predicted molar refractivity (Wildman–Crippen MR) is 123 cm³/mol. The number of hydrogen-bond acceptors (Lipinski definition) is 6. The van der Waals surface area contributed by atoms with Crippen LogP contribution in [0.5, 0.6) is 23.0 Å². The average Bonchev–Trinajstić information content (AvgIpc) is 2.81. The SMILES string of the molecule is COc1ccc2c(Oc3ccc(NS(=O)(=O)c4ccc(C)c(F)c4)c(F)c3)ccnc2c1OC. The number of aryl methyl sites for hydroxylation is 1. The number of nitrogens with one attached hydrogen (secondary N) is 1. The van der Waals surface area contributed by atoms with Gasteiger partial charge in [-0.15, -0.1) is 0 Å². The van der Waals surface area contributed by atoms with Gasteiger partial charge >= 0.3 is 0 Å². The lowest BCUT2D eigenvalue weighted by Crippen LogP contribution is -2.14. The van der Waals surface area contributed by atoms with E-state index in [0.717, 1.165) is 12.1 Å². The number of pyridine rings is 1. The largest absolute Gasteiger partial charge is 0.493 e. The van der Waals surface area contributed by atoms with E-state index in [2.05, 4.69) is 9.71 Å². The molecular formula is C24H20F2N2O5S. The lowest BCUT2D eigenvalue weighted by molar-refractivity contribution is 0.358. The van der Waals surface area contributed by atoms with Gasteiger partial charge in [0.25, 0.3) is 10.0 Å². The van der Waals surface area contributed by atoms with Crippen LogP contribution >= 0.6 is 0 Å². The molecule has 0 spiro atoms. The number of ether oxygens (including phenoxy) is 3.